The Balaban J connectivity index is 2.68. The lowest BCUT2D eigenvalue weighted by Crippen LogP contribution is -2.41. The molecule has 2 atom stereocenters. The van der Waals surface area contributed by atoms with E-state index >= 15 is 0 Å². The Morgan fingerprint density at radius 1 is 1.41 bits per heavy atom. The lowest BCUT2D eigenvalue weighted by Gasteiger charge is -2.26. The summed E-state index contributed by atoms with van der Waals surface area (Å²) < 4.78 is 5.31. The van der Waals surface area contributed by atoms with Crippen LogP contribution in [0.5, 0.6) is 0 Å². The van der Waals surface area contributed by atoms with Crippen LogP contribution in [0.25, 0.3) is 0 Å². The summed E-state index contributed by atoms with van der Waals surface area (Å²) in [6.45, 7) is 7.32. The summed E-state index contributed by atoms with van der Waals surface area (Å²) >= 11 is 0. The van der Waals surface area contributed by atoms with E-state index in [-0.39, 0.29) is 5.92 Å². The van der Waals surface area contributed by atoms with E-state index in [1.54, 1.807) is 13.8 Å². The van der Waals surface area contributed by atoms with Crippen molar-refractivity contribution in [2.24, 2.45) is 11.3 Å². The number of esters is 1. The van der Waals surface area contributed by atoms with Gasteiger partial charge in [-0.1, -0.05) is 5.57 Å². The number of allylic oxidation sites excluding steroid dienone is 1. The van der Waals surface area contributed by atoms with Gasteiger partial charge >= 0.3 is 11.9 Å². The number of aliphatic carboxylic acids is 1. The molecule has 0 aromatic carbocycles. The second-order valence-corrected chi connectivity index (χ2v) is 5.68. The summed E-state index contributed by atoms with van der Waals surface area (Å²) in [6.07, 6.45) is 1.38. The van der Waals surface area contributed by atoms with E-state index in [0.29, 0.717) is 12.8 Å². The minimum Gasteiger partial charge on any atom is -0.480 e. The third kappa shape index (κ3) is 1.30. The van der Waals surface area contributed by atoms with Gasteiger partial charge in [0.15, 0.2) is 5.41 Å². The van der Waals surface area contributed by atoms with Crippen LogP contribution in [0.3, 0.4) is 0 Å². The molecule has 2 unspecified atom stereocenters. The molecule has 17 heavy (non-hydrogen) atoms. The van der Waals surface area contributed by atoms with E-state index < -0.39 is 23.0 Å². The molecule has 2 aliphatic rings. The van der Waals surface area contributed by atoms with Crippen LogP contribution in [0, 0.1) is 11.3 Å². The molecule has 4 heteroatoms. The SMILES string of the molecule is CC(C)=C1CCC2C(C)(C)OC(=O)C12C(=O)O. The van der Waals surface area contributed by atoms with Crippen molar-refractivity contribution in [2.45, 2.75) is 46.1 Å². The van der Waals surface area contributed by atoms with Gasteiger partial charge in [-0.25, -0.2) is 0 Å². The highest BCUT2D eigenvalue weighted by atomic mass is 16.6. The maximum Gasteiger partial charge on any atom is 0.328 e. The van der Waals surface area contributed by atoms with Crippen LogP contribution in [0.2, 0.25) is 0 Å². The van der Waals surface area contributed by atoms with E-state index in [0.717, 1.165) is 11.1 Å². The van der Waals surface area contributed by atoms with Crippen LogP contribution in [0.4, 0.5) is 0 Å². The molecule has 1 aliphatic carbocycles. The molecule has 0 bridgehead atoms. The number of fused-ring (bicyclic) bond motifs is 1. The number of cyclic esters (lactones) is 1. The Labute approximate surface area is 101 Å². The second-order valence-electron chi connectivity index (χ2n) is 5.68. The summed E-state index contributed by atoms with van der Waals surface area (Å²) in [6, 6.07) is 0. The number of ether oxygens (including phenoxy) is 1. The number of rotatable bonds is 1. The molecule has 2 rings (SSSR count). The summed E-state index contributed by atoms with van der Waals surface area (Å²) in [7, 11) is 0. The molecule has 1 heterocycles. The Hall–Kier alpha value is -1.32. The molecule has 1 saturated heterocycles. The smallest absolute Gasteiger partial charge is 0.328 e. The van der Waals surface area contributed by atoms with Crippen LogP contribution >= 0.6 is 0 Å². The molecule has 1 N–H and O–H groups in total. The zero-order valence-corrected chi connectivity index (χ0v) is 10.7. The third-order valence-electron chi connectivity index (χ3n) is 4.14. The van der Waals surface area contributed by atoms with Crippen molar-refractivity contribution < 1.29 is 19.4 Å². The minimum absolute atomic E-state index is 0.259. The van der Waals surface area contributed by atoms with Crippen LogP contribution in [-0.4, -0.2) is 22.6 Å². The highest BCUT2D eigenvalue weighted by Gasteiger charge is 2.70. The van der Waals surface area contributed by atoms with Gasteiger partial charge in [-0.3, -0.25) is 9.59 Å². The molecule has 0 aromatic rings. The average molecular weight is 238 g/mol. The Bertz CT molecular complexity index is 429. The lowest BCUT2D eigenvalue weighted by atomic mass is 9.70. The molecule has 1 saturated carbocycles. The van der Waals surface area contributed by atoms with Gasteiger partial charge in [0.25, 0.3) is 0 Å². The highest BCUT2D eigenvalue weighted by Crippen LogP contribution is 2.59. The average Bonchev–Trinajstić information content (AvgIpc) is 2.64. The molecular weight excluding hydrogens is 220 g/mol. The van der Waals surface area contributed by atoms with Gasteiger partial charge in [0.2, 0.25) is 0 Å². The van der Waals surface area contributed by atoms with E-state index in [4.69, 9.17) is 4.74 Å². The fourth-order valence-electron chi connectivity index (χ4n) is 3.45. The van der Waals surface area contributed by atoms with Gasteiger partial charge in [-0.2, -0.15) is 0 Å². The zero-order valence-electron chi connectivity index (χ0n) is 10.7. The Morgan fingerprint density at radius 2 is 2.00 bits per heavy atom. The maximum atomic E-state index is 12.1. The predicted molar refractivity (Wildman–Crippen MR) is 61.3 cm³/mol. The Kier molecular flexibility index (Phi) is 2.39. The van der Waals surface area contributed by atoms with Crippen LogP contribution < -0.4 is 0 Å². The number of hydrogen-bond acceptors (Lipinski definition) is 3. The Morgan fingerprint density at radius 3 is 2.47 bits per heavy atom. The van der Waals surface area contributed by atoms with Crippen molar-refractivity contribution in [3.63, 3.8) is 0 Å². The van der Waals surface area contributed by atoms with Crippen molar-refractivity contribution in [3.05, 3.63) is 11.1 Å². The summed E-state index contributed by atoms with van der Waals surface area (Å²) in [5, 5.41) is 9.56. The van der Waals surface area contributed by atoms with Crippen molar-refractivity contribution in [2.75, 3.05) is 0 Å². The van der Waals surface area contributed by atoms with Gasteiger partial charge in [-0.05, 0) is 46.1 Å². The van der Waals surface area contributed by atoms with Crippen LogP contribution in [0.1, 0.15) is 40.5 Å². The first-order valence-corrected chi connectivity index (χ1v) is 5.88. The van der Waals surface area contributed by atoms with E-state index in [2.05, 4.69) is 0 Å². The first kappa shape index (κ1) is 12.1. The topological polar surface area (TPSA) is 63.6 Å². The lowest BCUT2D eigenvalue weighted by molar-refractivity contribution is -0.159. The van der Waals surface area contributed by atoms with Gasteiger partial charge < -0.3 is 9.84 Å². The number of carboxylic acids is 1. The largest absolute Gasteiger partial charge is 0.480 e. The first-order chi connectivity index (χ1) is 7.74. The number of carboxylic acid groups (broad SMARTS) is 1. The molecule has 1 aliphatic heterocycles. The number of carbonyl (C=O) groups excluding carboxylic acids is 1. The molecular formula is C13H18O4. The second kappa shape index (κ2) is 3.34. The molecule has 4 nitrogen and oxygen atoms in total. The predicted octanol–water partition coefficient (Wildman–Crippen LogP) is 2.14. The van der Waals surface area contributed by atoms with Gasteiger partial charge in [0, 0.05) is 5.92 Å². The fraction of sp³-hybridized carbons (Fsp3) is 0.692. The van der Waals surface area contributed by atoms with Crippen LogP contribution in [-0.2, 0) is 14.3 Å². The van der Waals surface area contributed by atoms with Crippen molar-refractivity contribution in [1.82, 2.24) is 0 Å². The van der Waals surface area contributed by atoms with Crippen molar-refractivity contribution >= 4 is 11.9 Å². The summed E-state index contributed by atoms with van der Waals surface area (Å²) in [4.78, 5) is 23.8. The van der Waals surface area contributed by atoms with E-state index in [1.165, 1.54) is 0 Å². The van der Waals surface area contributed by atoms with E-state index in [1.807, 2.05) is 13.8 Å². The monoisotopic (exact) mass is 238 g/mol. The van der Waals surface area contributed by atoms with E-state index in [9.17, 15) is 14.7 Å². The molecule has 94 valence electrons. The maximum absolute atomic E-state index is 12.1. The van der Waals surface area contributed by atoms with Gasteiger partial charge in [0.1, 0.15) is 5.60 Å². The quantitative estimate of drug-likeness (QED) is 0.432. The van der Waals surface area contributed by atoms with Crippen molar-refractivity contribution in [3.8, 4) is 0 Å². The number of hydrogen-bond donors (Lipinski definition) is 1. The molecule has 2 fully saturated rings. The standard InChI is InChI=1S/C13H18O4/c1-7(2)8-5-6-9-12(3,4)17-11(16)13(8,9)10(14)15/h9H,5-6H2,1-4H3,(H,14,15). The third-order valence-corrected chi connectivity index (χ3v) is 4.14. The minimum atomic E-state index is -1.43. The summed E-state index contributed by atoms with van der Waals surface area (Å²) in [5.74, 6) is -1.91. The highest BCUT2D eigenvalue weighted by molar-refractivity contribution is 6.05. The van der Waals surface area contributed by atoms with Crippen LogP contribution in [0.15, 0.2) is 11.1 Å². The fourth-order valence-corrected chi connectivity index (χ4v) is 3.45. The molecule has 0 spiro atoms. The first-order valence-electron chi connectivity index (χ1n) is 5.88. The van der Waals surface area contributed by atoms with Gasteiger partial charge in [0.05, 0.1) is 0 Å². The summed E-state index contributed by atoms with van der Waals surface area (Å²) in [5.41, 5.74) is -0.454. The van der Waals surface area contributed by atoms with Gasteiger partial charge in [-0.15, -0.1) is 0 Å². The number of carbonyl (C=O) groups is 2. The normalized spacial score (nSPS) is 34.5. The molecule has 0 amide bonds. The molecule has 0 aromatic heterocycles. The van der Waals surface area contributed by atoms with Crippen molar-refractivity contribution in [1.29, 1.82) is 0 Å². The molecule has 0 radical (unpaired) electrons. The zero-order chi connectivity index (χ0) is 13.0.